The molecule has 0 aromatic rings. The molecular formula is C8H8Cl2F6. The van der Waals surface area contributed by atoms with Crippen molar-refractivity contribution in [2.75, 3.05) is 0 Å². The molecule has 0 spiro atoms. The third kappa shape index (κ3) is 38.0. The number of rotatable bonds is 0. The molecule has 0 heterocycles. The Labute approximate surface area is 99.2 Å². The molecule has 0 amide bonds. The molecule has 0 fully saturated rings. The van der Waals surface area contributed by atoms with E-state index in [1.54, 1.807) is 0 Å². The minimum atomic E-state index is -2.48. The van der Waals surface area contributed by atoms with Crippen LogP contribution < -0.4 is 0 Å². The van der Waals surface area contributed by atoms with Crippen LogP contribution in [0.15, 0.2) is 49.0 Å². The molecule has 0 saturated carbocycles. The summed E-state index contributed by atoms with van der Waals surface area (Å²) in [6, 6.07) is 0. The van der Waals surface area contributed by atoms with Crippen LogP contribution in [-0.2, 0) is 0 Å². The molecule has 0 aromatic carbocycles. The highest BCUT2D eigenvalue weighted by Gasteiger charge is 1.96. The molecule has 0 bridgehead atoms. The average molecular weight is 289 g/mol. The van der Waals surface area contributed by atoms with Gasteiger partial charge < -0.3 is 0 Å². The fourth-order valence-electron chi connectivity index (χ4n) is 0. The summed E-state index contributed by atoms with van der Waals surface area (Å²) in [4.78, 5) is 0. The van der Waals surface area contributed by atoms with Gasteiger partial charge in [-0.05, 0) is 23.2 Å². The smallest absolute Gasteiger partial charge is 0.188 e. The Bertz CT molecular complexity index is 167. The van der Waals surface area contributed by atoms with E-state index in [-0.39, 0.29) is 0 Å². The fourth-order valence-corrected chi connectivity index (χ4v) is 0. The van der Waals surface area contributed by atoms with Crippen molar-refractivity contribution in [3.63, 3.8) is 0 Å². The van der Waals surface area contributed by atoms with Gasteiger partial charge >= 0.3 is 12.2 Å². The molecule has 0 N–H and O–H groups in total. The zero-order chi connectivity index (χ0) is 14.3. The van der Waals surface area contributed by atoms with Crippen LogP contribution in [0.3, 0.4) is 0 Å². The quantitative estimate of drug-likeness (QED) is 0.372. The van der Waals surface area contributed by atoms with Crippen molar-refractivity contribution in [2.24, 2.45) is 0 Å². The van der Waals surface area contributed by atoms with E-state index >= 15 is 0 Å². The van der Waals surface area contributed by atoms with Crippen LogP contribution in [0.25, 0.3) is 0 Å². The summed E-state index contributed by atoms with van der Waals surface area (Å²) in [5, 5.41) is -3.87. The summed E-state index contributed by atoms with van der Waals surface area (Å²) in [6.45, 7) is 12.0. The van der Waals surface area contributed by atoms with Crippen molar-refractivity contribution in [1.82, 2.24) is 0 Å². The van der Waals surface area contributed by atoms with Crippen molar-refractivity contribution in [2.45, 2.75) is 0 Å². The van der Waals surface area contributed by atoms with Gasteiger partial charge in [-0.3, -0.25) is 0 Å². The standard InChI is InChI=1S/2C2ClF3.2C2H4/c2*3-1(4)2(5)6;2*1-2/h;;2*1-2H2. The Hall–Kier alpha value is -0.880. The molecule has 0 saturated heterocycles. The molecule has 8 heteroatoms. The SMILES string of the molecule is C=C.C=C.FC(F)=C(F)Cl.FC(F)=C(F)Cl. The first-order valence-corrected chi connectivity index (χ1v) is 3.77. The molecule has 96 valence electrons. The second-order valence-electron chi connectivity index (χ2n) is 1.04. The minimum Gasteiger partial charge on any atom is -0.188 e. The Kier molecular flexibility index (Phi) is 29.9. The molecular weight excluding hydrogens is 281 g/mol. The number of halogens is 8. The summed E-state index contributed by atoms with van der Waals surface area (Å²) < 4.78 is 63.6. The van der Waals surface area contributed by atoms with E-state index in [2.05, 4.69) is 49.5 Å². The maximum Gasteiger partial charge on any atom is 0.317 e. The highest BCUT2D eigenvalue weighted by Crippen LogP contribution is 2.12. The number of hydrogen-bond acceptors (Lipinski definition) is 0. The second kappa shape index (κ2) is 19.7. The molecule has 0 rings (SSSR count). The van der Waals surface area contributed by atoms with Crippen molar-refractivity contribution >= 4 is 23.2 Å². The van der Waals surface area contributed by atoms with Crippen LogP contribution in [-0.4, -0.2) is 0 Å². The predicted molar refractivity (Wildman–Crippen MR) is 54.9 cm³/mol. The summed E-state index contributed by atoms with van der Waals surface area (Å²) in [5.41, 5.74) is 0. The first-order valence-electron chi connectivity index (χ1n) is 3.01. The van der Waals surface area contributed by atoms with Crippen LogP contribution in [0.5, 0.6) is 0 Å². The predicted octanol–water partition coefficient (Wildman–Crippen LogP) is 6.13. The van der Waals surface area contributed by atoms with Gasteiger partial charge in [0.05, 0.1) is 0 Å². The third-order valence-electron chi connectivity index (χ3n) is 0.286. The zero-order valence-electron chi connectivity index (χ0n) is 7.85. The Morgan fingerprint density at radius 3 is 0.625 bits per heavy atom. The molecule has 0 unspecified atom stereocenters. The summed E-state index contributed by atoms with van der Waals surface area (Å²) in [6.07, 6.45) is -4.95. The van der Waals surface area contributed by atoms with Gasteiger partial charge in [-0.1, -0.05) is 0 Å². The normalized spacial score (nSPS) is 6.50. The summed E-state index contributed by atoms with van der Waals surface area (Å²) >= 11 is 8.15. The van der Waals surface area contributed by atoms with Gasteiger partial charge in [0.25, 0.3) is 10.6 Å². The lowest BCUT2D eigenvalue weighted by Crippen LogP contribution is -1.54. The lowest BCUT2D eigenvalue weighted by molar-refractivity contribution is 0.393. The van der Waals surface area contributed by atoms with Crippen molar-refractivity contribution < 1.29 is 26.3 Å². The van der Waals surface area contributed by atoms with Gasteiger partial charge in [-0.25, -0.2) is 0 Å². The topological polar surface area (TPSA) is 0 Å². The minimum absolute atomic E-state index is 1.94. The molecule has 0 aliphatic rings. The fraction of sp³-hybridized carbons (Fsp3) is 0. The molecule has 16 heavy (non-hydrogen) atoms. The Morgan fingerprint density at radius 1 is 0.562 bits per heavy atom. The molecule has 0 nitrogen and oxygen atoms in total. The lowest BCUT2D eigenvalue weighted by Gasteiger charge is -1.70. The van der Waals surface area contributed by atoms with Gasteiger partial charge in [-0.2, -0.15) is 26.3 Å². The van der Waals surface area contributed by atoms with E-state index in [0.29, 0.717) is 0 Å². The molecule has 0 aliphatic heterocycles. The van der Waals surface area contributed by atoms with Crippen molar-refractivity contribution in [3.8, 4) is 0 Å². The highest BCUT2D eigenvalue weighted by atomic mass is 35.5. The van der Waals surface area contributed by atoms with Crippen molar-refractivity contribution in [3.05, 3.63) is 49.0 Å². The summed E-state index contributed by atoms with van der Waals surface area (Å²) in [5.74, 6) is 0. The third-order valence-corrected chi connectivity index (χ3v) is 0.571. The van der Waals surface area contributed by atoms with Gasteiger partial charge in [-0.15, -0.1) is 26.3 Å². The molecule has 0 aromatic heterocycles. The monoisotopic (exact) mass is 288 g/mol. The van der Waals surface area contributed by atoms with Gasteiger partial charge in [0.2, 0.25) is 0 Å². The Morgan fingerprint density at radius 2 is 0.625 bits per heavy atom. The van der Waals surface area contributed by atoms with E-state index in [1.165, 1.54) is 0 Å². The van der Waals surface area contributed by atoms with Gasteiger partial charge in [0, 0.05) is 0 Å². The van der Waals surface area contributed by atoms with Crippen LogP contribution in [0.4, 0.5) is 26.3 Å². The van der Waals surface area contributed by atoms with Crippen LogP contribution in [0.1, 0.15) is 0 Å². The lowest BCUT2D eigenvalue weighted by atomic mass is 11.1. The van der Waals surface area contributed by atoms with Gasteiger partial charge in [0.15, 0.2) is 0 Å². The number of hydrogen-bond donors (Lipinski definition) is 0. The maximum absolute atomic E-state index is 10.7. The first kappa shape index (κ1) is 24.4. The maximum atomic E-state index is 10.7. The van der Waals surface area contributed by atoms with Crippen molar-refractivity contribution in [1.29, 1.82) is 0 Å². The molecule has 0 atom stereocenters. The van der Waals surface area contributed by atoms with Crippen LogP contribution in [0, 0.1) is 0 Å². The zero-order valence-corrected chi connectivity index (χ0v) is 9.36. The van der Waals surface area contributed by atoms with Crippen LogP contribution in [0.2, 0.25) is 0 Å². The van der Waals surface area contributed by atoms with E-state index in [4.69, 9.17) is 0 Å². The van der Waals surface area contributed by atoms with E-state index in [1.807, 2.05) is 0 Å². The second-order valence-corrected chi connectivity index (χ2v) is 1.71. The van der Waals surface area contributed by atoms with E-state index in [9.17, 15) is 26.3 Å². The first-order chi connectivity index (χ1) is 7.29. The highest BCUT2D eigenvalue weighted by molar-refractivity contribution is 6.28. The molecule has 0 aliphatic carbocycles. The summed E-state index contributed by atoms with van der Waals surface area (Å²) in [7, 11) is 0. The Balaban J connectivity index is -0.0000000686. The van der Waals surface area contributed by atoms with Crippen LogP contribution >= 0.6 is 23.2 Å². The van der Waals surface area contributed by atoms with E-state index < -0.39 is 22.7 Å². The largest absolute Gasteiger partial charge is 0.317 e. The van der Waals surface area contributed by atoms with E-state index in [0.717, 1.165) is 0 Å². The van der Waals surface area contributed by atoms with Gasteiger partial charge in [0.1, 0.15) is 0 Å². The average Bonchev–Trinajstić information content (AvgIpc) is 2.24. The molecule has 0 radical (unpaired) electrons.